The number of nitrogens with zero attached hydrogens (tertiary/aromatic N) is 3. The molecule has 2 aromatic heterocycles. The monoisotopic (exact) mass is 411 g/mol. The van der Waals surface area contributed by atoms with Crippen molar-refractivity contribution in [1.29, 1.82) is 0 Å². The van der Waals surface area contributed by atoms with Gasteiger partial charge in [0.15, 0.2) is 17.1 Å². The smallest absolute Gasteiger partial charge is 0.435 e. The standard InChI is InChI=1S/C17H13F4N5O3/c18-10-3-1-4-11(9-10)26-14(17(19,20)21)13(24-25-26)16(28)23-7-6-22-15(27)12-5-2-8-29-12/h1-5,8-9H,6-7H2,(H,22,27)(H,23,28). The molecule has 0 aliphatic rings. The van der Waals surface area contributed by atoms with Crippen LogP contribution in [0, 0.1) is 5.82 Å². The second-order valence-corrected chi connectivity index (χ2v) is 5.67. The number of hydrogen-bond acceptors (Lipinski definition) is 5. The fraction of sp³-hybridized carbons (Fsp3) is 0.176. The van der Waals surface area contributed by atoms with Crippen LogP contribution in [0.15, 0.2) is 47.1 Å². The number of carbonyl (C=O) groups is 2. The Kier molecular flexibility index (Phi) is 5.61. The highest BCUT2D eigenvalue weighted by atomic mass is 19.4. The molecule has 0 bridgehead atoms. The predicted molar refractivity (Wildman–Crippen MR) is 89.7 cm³/mol. The molecule has 12 heteroatoms. The summed E-state index contributed by atoms with van der Waals surface area (Å²) >= 11 is 0. The Bertz CT molecular complexity index is 1010. The maximum atomic E-state index is 13.5. The molecular weight excluding hydrogens is 398 g/mol. The van der Waals surface area contributed by atoms with Gasteiger partial charge in [-0.15, -0.1) is 5.10 Å². The van der Waals surface area contributed by atoms with E-state index in [1.165, 1.54) is 30.5 Å². The lowest BCUT2D eigenvalue weighted by Gasteiger charge is -2.11. The topological polar surface area (TPSA) is 102 Å². The molecule has 29 heavy (non-hydrogen) atoms. The van der Waals surface area contributed by atoms with Gasteiger partial charge >= 0.3 is 6.18 Å². The number of amides is 2. The molecule has 0 saturated heterocycles. The number of nitrogens with one attached hydrogen (secondary N) is 2. The van der Waals surface area contributed by atoms with Gasteiger partial charge in [0, 0.05) is 13.1 Å². The van der Waals surface area contributed by atoms with E-state index in [0.717, 1.165) is 12.1 Å². The summed E-state index contributed by atoms with van der Waals surface area (Å²) in [5, 5.41) is 11.3. The Balaban J connectivity index is 1.71. The van der Waals surface area contributed by atoms with Crippen molar-refractivity contribution in [3.63, 3.8) is 0 Å². The summed E-state index contributed by atoms with van der Waals surface area (Å²) in [5.74, 6) is -2.41. The first kappa shape index (κ1) is 20.0. The van der Waals surface area contributed by atoms with Gasteiger partial charge in [0.2, 0.25) is 0 Å². The SMILES string of the molecule is O=C(NCCNC(=O)c1nnn(-c2cccc(F)c2)c1C(F)(F)F)c1ccco1. The zero-order chi connectivity index (χ0) is 21.0. The maximum absolute atomic E-state index is 13.5. The van der Waals surface area contributed by atoms with E-state index in [1.807, 2.05) is 0 Å². The van der Waals surface area contributed by atoms with Gasteiger partial charge in [0.05, 0.1) is 12.0 Å². The number of carbonyl (C=O) groups excluding carboxylic acids is 2. The van der Waals surface area contributed by atoms with Crippen LogP contribution < -0.4 is 10.6 Å². The summed E-state index contributed by atoms with van der Waals surface area (Å²) in [6, 6.07) is 7.21. The maximum Gasteiger partial charge on any atom is 0.435 e. The molecule has 1 aromatic carbocycles. The van der Waals surface area contributed by atoms with Crippen molar-refractivity contribution in [2.75, 3.05) is 13.1 Å². The molecule has 0 atom stereocenters. The number of alkyl halides is 3. The van der Waals surface area contributed by atoms with Gasteiger partial charge in [-0.2, -0.15) is 13.2 Å². The first-order valence-electron chi connectivity index (χ1n) is 8.16. The number of aromatic nitrogens is 3. The summed E-state index contributed by atoms with van der Waals surface area (Å²) in [6.07, 6.45) is -3.67. The minimum atomic E-state index is -4.98. The van der Waals surface area contributed by atoms with E-state index < -0.39 is 35.2 Å². The Morgan fingerprint density at radius 1 is 1.07 bits per heavy atom. The normalized spacial score (nSPS) is 11.3. The molecular formula is C17H13F4N5O3. The predicted octanol–water partition coefficient (Wildman–Crippen LogP) is 2.18. The third-order valence-corrected chi connectivity index (χ3v) is 3.65. The summed E-state index contributed by atoms with van der Waals surface area (Å²) in [7, 11) is 0. The number of halogens is 4. The third-order valence-electron chi connectivity index (χ3n) is 3.65. The number of hydrogen-bond donors (Lipinski definition) is 2. The van der Waals surface area contributed by atoms with Crippen molar-refractivity contribution in [3.05, 3.63) is 65.6 Å². The first-order valence-corrected chi connectivity index (χ1v) is 8.16. The van der Waals surface area contributed by atoms with Crippen LogP contribution in [0.5, 0.6) is 0 Å². The second kappa shape index (κ2) is 8.12. The summed E-state index contributed by atoms with van der Waals surface area (Å²) in [5.41, 5.74) is -2.66. The van der Waals surface area contributed by atoms with Gasteiger partial charge in [-0.1, -0.05) is 11.3 Å². The third kappa shape index (κ3) is 4.59. The van der Waals surface area contributed by atoms with Crippen molar-refractivity contribution < 1.29 is 31.6 Å². The van der Waals surface area contributed by atoms with Crippen molar-refractivity contribution in [2.24, 2.45) is 0 Å². The lowest BCUT2D eigenvalue weighted by Crippen LogP contribution is -2.35. The van der Waals surface area contributed by atoms with E-state index in [-0.39, 0.29) is 24.5 Å². The second-order valence-electron chi connectivity index (χ2n) is 5.67. The molecule has 0 saturated carbocycles. The molecule has 2 heterocycles. The molecule has 0 spiro atoms. The molecule has 0 radical (unpaired) electrons. The van der Waals surface area contributed by atoms with Gasteiger partial charge in [-0.3, -0.25) is 9.59 Å². The van der Waals surface area contributed by atoms with Gasteiger partial charge in [0.1, 0.15) is 5.82 Å². The van der Waals surface area contributed by atoms with E-state index in [4.69, 9.17) is 4.42 Å². The largest absolute Gasteiger partial charge is 0.459 e. The average Bonchev–Trinajstić information content (AvgIpc) is 3.34. The number of furan rings is 1. The van der Waals surface area contributed by atoms with Crippen LogP contribution in [0.4, 0.5) is 17.6 Å². The minimum Gasteiger partial charge on any atom is -0.459 e. The Hall–Kier alpha value is -3.70. The van der Waals surface area contributed by atoms with E-state index >= 15 is 0 Å². The Labute approximate surface area is 160 Å². The number of rotatable bonds is 6. The van der Waals surface area contributed by atoms with Crippen molar-refractivity contribution in [3.8, 4) is 5.69 Å². The number of benzene rings is 1. The molecule has 3 aromatic rings. The van der Waals surface area contributed by atoms with Gasteiger partial charge in [-0.25, -0.2) is 9.07 Å². The lowest BCUT2D eigenvalue weighted by molar-refractivity contribution is -0.143. The van der Waals surface area contributed by atoms with Gasteiger partial charge < -0.3 is 15.1 Å². The molecule has 3 rings (SSSR count). The van der Waals surface area contributed by atoms with Crippen molar-refractivity contribution >= 4 is 11.8 Å². The minimum absolute atomic E-state index is 0.0497. The van der Waals surface area contributed by atoms with E-state index in [2.05, 4.69) is 20.9 Å². The van der Waals surface area contributed by atoms with E-state index in [9.17, 15) is 27.2 Å². The van der Waals surface area contributed by atoms with Crippen LogP contribution in [0.1, 0.15) is 26.7 Å². The highest BCUT2D eigenvalue weighted by Gasteiger charge is 2.42. The molecule has 0 unspecified atom stereocenters. The van der Waals surface area contributed by atoms with Gasteiger partial charge in [-0.05, 0) is 30.3 Å². The van der Waals surface area contributed by atoms with E-state index in [1.54, 1.807) is 0 Å². The molecule has 2 amide bonds. The van der Waals surface area contributed by atoms with Crippen LogP contribution in [0.3, 0.4) is 0 Å². The Morgan fingerprint density at radius 3 is 2.41 bits per heavy atom. The summed E-state index contributed by atoms with van der Waals surface area (Å²) in [6.45, 7) is -0.236. The molecule has 0 aliphatic carbocycles. The molecule has 2 N–H and O–H groups in total. The fourth-order valence-electron chi connectivity index (χ4n) is 2.41. The molecule has 0 fully saturated rings. The average molecular weight is 411 g/mol. The molecule has 0 aliphatic heterocycles. The molecule has 8 nitrogen and oxygen atoms in total. The van der Waals surface area contributed by atoms with Crippen LogP contribution in [-0.2, 0) is 6.18 Å². The quantitative estimate of drug-likeness (QED) is 0.478. The highest BCUT2D eigenvalue weighted by Crippen LogP contribution is 2.32. The van der Waals surface area contributed by atoms with Crippen molar-refractivity contribution in [2.45, 2.75) is 6.18 Å². The van der Waals surface area contributed by atoms with Crippen LogP contribution >= 0.6 is 0 Å². The van der Waals surface area contributed by atoms with Crippen LogP contribution in [0.2, 0.25) is 0 Å². The fourth-order valence-corrected chi connectivity index (χ4v) is 2.41. The lowest BCUT2D eigenvalue weighted by atomic mass is 10.2. The summed E-state index contributed by atoms with van der Waals surface area (Å²) in [4.78, 5) is 23.8. The van der Waals surface area contributed by atoms with Gasteiger partial charge in [0.25, 0.3) is 11.8 Å². The summed E-state index contributed by atoms with van der Waals surface area (Å²) < 4.78 is 59.1. The van der Waals surface area contributed by atoms with E-state index in [0.29, 0.717) is 4.68 Å². The first-order chi connectivity index (χ1) is 13.8. The van der Waals surface area contributed by atoms with Crippen LogP contribution in [0.25, 0.3) is 5.69 Å². The Morgan fingerprint density at radius 2 is 1.79 bits per heavy atom. The van der Waals surface area contributed by atoms with Crippen LogP contribution in [-0.4, -0.2) is 39.9 Å². The zero-order valence-electron chi connectivity index (χ0n) is 14.5. The highest BCUT2D eigenvalue weighted by molar-refractivity contribution is 5.94. The zero-order valence-corrected chi connectivity index (χ0v) is 14.5. The van der Waals surface area contributed by atoms with Crippen molar-refractivity contribution in [1.82, 2.24) is 25.6 Å². The molecule has 152 valence electrons.